The average molecular weight is 272 g/mol. The van der Waals surface area contributed by atoms with Gasteiger partial charge >= 0.3 is 0 Å². The summed E-state index contributed by atoms with van der Waals surface area (Å²) in [6.45, 7) is 1.43. The molecular weight excluding hydrogens is 252 g/mol. The summed E-state index contributed by atoms with van der Waals surface area (Å²) < 4.78 is 10.1. The Morgan fingerprint density at radius 3 is 2.56 bits per heavy atom. The molecule has 1 rings (SSSR count). The number of methoxy groups -OCH3 is 1. The molecule has 0 saturated carbocycles. The number of hydrogen-bond donors (Lipinski definition) is 2. The van der Waals surface area contributed by atoms with Gasteiger partial charge in [-0.2, -0.15) is 0 Å². The lowest BCUT2D eigenvalue weighted by Gasteiger charge is -2.11. The summed E-state index contributed by atoms with van der Waals surface area (Å²) in [5.41, 5.74) is 0.891. The van der Waals surface area contributed by atoms with E-state index in [9.17, 15) is 5.11 Å². The third-order valence-corrected chi connectivity index (χ3v) is 3.45. The van der Waals surface area contributed by atoms with Crippen molar-refractivity contribution in [2.75, 3.05) is 32.7 Å². The predicted molar refractivity (Wildman–Crippen MR) is 71.8 cm³/mol. The number of hydrogen-bond acceptors (Lipinski definition) is 5. The van der Waals surface area contributed by atoms with Crippen LogP contribution < -0.4 is 0 Å². The van der Waals surface area contributed by atoms with Gasteiger partial charge in [-0.25, -0.2) is 0 Å². The van der Waals surface area contributed by atoms with Crippen molar-refractivity contribution in [3.05, 3.63) is 29.8 Å². The summed E-state index contributed by atoms with van der Waals surface area (Å²) in [5.74, 6) is 0.589. The summed E-state index contributed by atoms with van der Waals surface area (Å²) in [7, 11) is 1.62. The van der Waals surface area contributed by atoms with Gasteiger partial charge in [0.1, 0.15) is 0 Å². The van der Waals surface area contributed by atoms with Crippen molar-refractivity contribution in [3.63, 3.8) is 0 Å². The van der Waals surface area contributed by atoms with Gasteiger partial charge in [-0.15, -0.1) is 11.8 Å². The minimum atomic E-state index is -0.482. The first-order valence-electron chi connectivity index (χ1n) is 5.83. The lowest BCUT2D eigenvalue weighted by molar-refractivity contribution is 0.0218. The Morgan fingerprint density at radius 2 is 1.94 bits per heavy atom. The molecule has 0 heterocycles. The maximum absolute atomic E-state index is 9.68. The smallest absolute Gasteiger partial charge is 0.0867 e. The van der Waals surface area contributed by atoms with Crippen LogP contribution >= 0.6 is 11.8 Å². The molecule has 4 nitrogen and oxygen atoms in total. The van der Waals surface area contributed by atoms with Crippen LogP contribution in [0.5, 0.6) is 0 Å². The Morgan fingerprint density at radius 1 is 1.22 bits per heavy atom. The fourth-order valence-electron chi connectivity index (χ4n) is 1.29. The van der Waals surface area contributed by atoms with Crippen LogP contribution in [0.1, 0.15) is 5.56 Å². The van der Waals surface area contributed by atoms with Gasteiger partial charge in [0, 0.05) is 17.8 Å². The molecule has 0 aliphatic rings. The van der Waals surface area contributed by atoms with E-state index >= 15 is 0 Å². The molecule has 0 saturated heterocycles. The maximum atomic E-state index is 9.68. The summed E-state index contributed by atoms with van der Waals surface area (Å²) >= 11 is 1.57. The molecule has 0 bridgehead atoms. The molecule has 1 unspecified atom stereocenters. The quantitative estimate of drug-likeness (QED) is 0.524. The molecule has 0 fully saturated rings. The van der Waals surface area contributed by atoms with Gasteiger partial charge in [-0.05, 0) is 17.7 Å². The van der Waals surface area contributed by atoms with Gasteiger partial charge in [-0.3, -0.25) is 0 Å². The van der Waals surface area contributed by atoms with Crippen molar-refractivity contribution >= 4 is 11.8 Å². The van der Waals surface area contributed by atoms with Gasteiger partial charge in [-0.1, -0.05) is 12.1 Å². The van der Waals surface area contributed by atoms with Crippen molar-refractivity contribution < 1.29 is 19.7 Å². The summed E-state index contributed by atoms with van der Waals surface area (Å²) in [5, 5.41) is 18.6. The molecule has 18 heavy (non-hydrogen) atoms. The van der Waals surface area contributed by atoms with E-state index < -0.39 is 6.10 Å². The van der Waals surface area contributed by atoms with Gasteiger partial charge < -0.3 is 19.7 Å². The van der Waals surface area contributed by atoms with E-state index in [-0.39, 0.29) is 6.61 Å². The highest BCUT2D eigenvalue weighted by Gasteiger charge is 2.05. The van der Waals surface area contributed by atoms with Crippen LogP contribution in [-0.2, 0) is 16.1 Å². The second-order valence-corrected chi connectivity index (χ2v) is 4.93. The highest BCUT2D eigenvalue weighted by Crippen LogP contribution is 2.19. The zero-order valence-electron chi connectivity index (χ0n) is 10.5. The minimum Gasteiger partial charge on any atom is -0.392 e. The SMILES string of the molecule is COCCOCC(O)CSc1ccc(CO)cc1. The van der Waals surface area contributed by atoms with Gasteiger partial charge in [0.25, 0.3) is 0 Å². The lowest BCUT2D eigenvalue weighted by Crippen LogP contribution is -2.19. The van der Waals surface area contributed by atoms with Crippen LogP contribution in [0.25, 0.3) is 0 Å². The second kappa shape index (κ2) is 9.35. The first kappa shape index (κ1) is 15.5. The van der Waals surface area contributed by atoms with Crippen molar-refractivity contribution in [2.45, 2.75) is 17.6 Å². The van der Waals surface area contributed by atoms with E-state index in [2.05, 4.69) is 0 Å². The van der Waals surface area contributed by atoms with Gasteiger partial charge in [0.15, 0.2) is 0 Å². The number of ether oxygens (including phenoxy) is 2. The average Bonchev–Trinajstić information content (AvgIpc) is 2.42. The molecule has 102 valence electrons. The highest BCUT2D eigenvalue weighted by molar-refractivity contribution is 7.99. The first-order valence-corrected chi connectivity index (χ1v) is 6.82. The first-order chi connectivity index (χ1) is 8.76. The molecule has 1 aromatic carbocycles. The van der Waals surface area contributed by atoms with Crippen LogP contribution in [0.15, 0.2) is 29.2 Å². The summed E-state index contributed by atoms with van der Waals surface area (Å²) in [4.78, 5) is 1.07. The summed E-state index contributed by atoms with van der Waals surface area (Å²) in [6, 6.07) is 7.64. The highest BCUT2D eigenvalue weighted by atomic mass is 32.2. The second-order valence-electron chi connectivity index (χ2n) is 3.83. The van der Waals surface area contributed by atoms with Crippen LogP contribution in [0, 0.1) is 0 Å². The topological polar surface area (TPSA) is 58.9 Å². The fraction of sp³-hybridized carbons (Fsp3) is 0.538. The van der Waals surface area contributed by atoms with Crippen LogP contribution in [0.3, 0.4) is 0 Å². The molecule has 0 aliphatic carbocycles. The van der Waals surface area contributed by atoms with Crippen LogP contribution in [0.2, 0.25) is 0 Å². The fourth-order valence-corrected chi connectivity index (χ4v) is 2.10. The standard InChI is InChI=1S/C13H20O4S/c1-16-6-7-17-9-12(15)10-18-13-4-2-11(8-14)3-5-13/h2-5,12,14-15H,6-10H2,1H3. The Labute approximate surface area is 112 Å². The molecular formula is C13H20O4S. The number of rotatable bonds is 9. The van der Waals surface area contributed by atoms with E-state index in [0.717, 1.165) is 10.5 Å². The Kier molecular flexibility index (Phi) is 8.04. The van der Waals surface area contributed by atoms with E-state index in [4.69, 9.17) is 14.6 Å². The zero-order valence-corrected chi connectivity index (χ0v) is 11.4. The Balaban J connectivity index is 2.18. The van der Waals surface area contributed by atoms with E-state index in [1.54, 1.807) is 18.9 Å². The Hall–Kier alpha value is -0.590. The third-order valence-electron chi connectivity index (χ3n) is 2.29. The van der Waals surface area contributed by atoms with E-state index in [1.807, 2.05) is 24.3 Å². The van der Waals surface area contributed by atoms with Crippen molar-refractivity contribution in [2.24, 2.45) is 0 Å². The molecule has 0 aromatic heterocycles. The van der Waals surface area contributed by atoms with Gasteiger partial charge in [0.2, 0.25) is 0 Å². The number of thioether (sulfide) groups is 1. The summed E-state index contributed by atoms with van der Waals surface area (Å²) in [6.07, 6.45) is -0.482. The Bertz CT molecular complexity index is 315. The molecule has 1 aromatic rings. The number of aliphatic hydroxyl groups is 2. The minimum absolute atomic E-state index is 0.0565. The number of aliphatic hydroxyl groups excluding tert-OH is 2. The van der Waals surface area contributed by atoms with Crippen molar-refractivity contribution in [1.29, 1.82) is 0 Å². The molecule has 0 radical (unpaired) electrons. The van der Waals surface area contributed by atoms with Crippen LogP contribution in [0.4, 0.5) is 0 Å². The predicted octanol–water partition coefficient (Wildman–Crippen LogP) is 1.29. The number of benzene rings is 1. The van der Waals surface area contributed by atoms with E-state index in [0.29, 0.717) is 25.6 Å². The third kappa shape index (κ3) is 6.37. The molecule has 5 heteroatoms. The largest absolute Gasteiger partial charge is 0.392 e. The van der Waals surface area contributed by atoms with Gasteiger partial charge in [0.05, 0.1) is 32.5 Å². The molecule has 0 spiro atoms. The van der Waals surface area contributed by atoms with E-state index in [1.165, 1.54) is 0 Å². The normalized spacial score (nSPS) is 12.6. The zero-order chi connectivity index (χ0) is 13.2. The maximum Gasteiger partial charge on any atom is 0.0867 e. The molecule has 0 aliphatic heterocycles. The van der Waals surface area contributed by atoms with Crippen molar-refractivity contribution in [3.8, 4) is 0 Å². The molecule has 1 atom stereocenters. The lowest BCUT2D eigenvalue weighted by atomic mass is 10.2. The monoisotopic (exact) mass is 272 g/mol. The van der Waals surface area contributed by atoms with Crippen LogP contribution in [-0.4, -0.2) is 49.0 Å². The molecule has 0 amide bonds. The molecule has 2 N–H and O–H groups in total. The van der Waals surface area contributed by atoms with Crippen molar-refractivity contribution in [1.82, 2.24) is 0 Å².